The van der Waals surface area contributed by atoms with Crippen molar-refractivity contribution in [3.8, 4) is 17.6 Å². The number of esters is 6. The number of benzene rings is 5. The predicted molar refractivity (Wildman–Crippen MR) is 293 cm³/mol. The number of fused-ring (bicyclic) bond motifs is 2. The molecule has 0 aliphatic carbocycles. The Kier molecular flexibility index (Phi) is 18.2. The minimum absolute atomic E-state index is 0.0206. The molecule has 0 radical (unpaired) electrons. The predicted octanol–water partition coefficient (Wildman–Crippen LogP) is 9.01. The van der Waals surface area contributed by atoms with Crippen molar-refractivity contribution in [2.24, 2.45) is 0 Å². The van der Waals surface area contributed by atoms with Crippen molar-refractivity contribution in [2.45, 2.75) is 46.5 Å². The SMILES string of the molecule is C=C(C)C(=O)OCCOC(=O)c1ccccc1C(=O)Oc1c2c(c(OC(=O)c3ccccc3C(=O)OCCOC(=O)C(=C)C)c3c1SC(=C(C#N)S(C)(=O)=O)S3)SC(=C1C(=O)N(Cc3ccccc3)N(Cc3ccccc3)C1=O)S2. The molecule has 1 saturated heterocycles. The van der Waals surface area contributed by atoms with E-state index in [-0.39, 0.29) is 105 Å². The number of allylic oxidation sites excluding steroid dienone is 1. The summed E-state index contributed by atoms with van der Waals surface area (Å²) >= 11 is 2.96. The number of hydrogen-bond donors (Lipinski definition) is 0. The van der Waals surface area contributed by atoms with Gasteiger partial charge in [-0.25, -0.2) is 47.2 Å². The number of thioether (sulfide) groups is 4. The summed E-state index contributed by atoms with van der Waals surface area (Å²) < 4.78 is 59.4. The van der Waals surface area contributed by atoms with Crippen molar-refractivity contribution in [2.75, 3.05) is 32.7 Å². The maximum absolute atomic E-state index is 14.9. The molecule has 19 nitrogen and oxygen atoms in total. The fourth-order valence-electron chi connectivity index (χ4n) is 7.55. The molecule has 2 amide bonds. The number of rotatable bonds is 19. The third kappa shape index (κ3) is 12.9. The van der Waals surface area contributed by atoms with Crippen LogP contribution >= 0.6 is 47.0 Å². The van der Waals surface area contributed by atoms with Crippen molar-refractivity contribution in [1.29, 1.82) is 5.26 Å². The molecule has 0 spiro atoms. The second-order valence-electron chi connectivity index (χ2n) is 17.2. The van der Waals surface area contributed by atoms with Gasteiger partial charge in [0.1, 0.15) is 38.1 Å². The smallest absolute Gasteiger partial charge is 0.344 e. The molecule has 0 N–H and O–H groups in total. The highest BCUT2D eigenvalue weighted by molar-refractivity contribution is 8.26. The van der Waals surface area contributed by atoms with Crippen LogP contribution in [0.2, 0.25) is 0 Å². The van der Waals surface area contributed by atoms with Gasteiger partial charge in [0, 0.05) is 17.4 Å². The number of nitriles is 1. The Morgan fingerprint density at radius 3 is 1.21 bits per heavy atom. The third-order valence-electron chi connectivity index (χ3n) is 11.3. The van der Waals surface area contributed by atoms with E-state index in [9.17, 15) is 52.0 Å². The first-order valence-electron chi connectivity index (χ1n) is 23.6. The van der Waals surface area contributed by atoms with E-state index >= 15 is 0 Å². The Hall–Kier alpha value is -8.34. The number of hydrazine groups is 1. The number of hydrogen-bond acceptors (Lipinski definition) is 21. The van der Waals surface area contributed by atoms with Crippen LogP contribution in [0.15, 0.2) is 172 Å². The van der Waals surface area contributed by atoms with E-state index in [1.165, 1.54) is 72.4 Å². The second kappa shape index (κ2) is 25.2. The van der Waals surface area contributed by atoms with Gasteiger partial charge in [-0.2, -0.15) is 5.26 Å². The largest absolute Gasteiger partial charge is 0.459 e. The normalized spacial score (nSPS) is 13.4. The Morgan fingerprint density at radius 1 is 0.525 bits per heavy atom. The second-order valence-corrected chi connectivity index (χ2v) is 23.8. The molecule has 0 bridgehead atoms. The zero-order chi connectivity index (χ0) is 57.4. The molecule has 1 fully saturated rings. The molecule has 80 heavy (non-hydrogen) atoms. The Bertz CT molecular complexity index is 3480. The molecule has 0 saturated carbocycles. The summed E-state index contributed by atoms with van der Waals surface area (Å²) in [6.07, 6.45) is 0.813. The maximum atomic E-state index is 14.9. The van der Waals surface area contributed by atoms with Crippen molar-refractivity contribution in [3.05, 3.63) is 186 Å². The van der Waals surface area contributed by atoms with Gasteiger partial charge in [0.2, 0.25) is 0 Å². The molecule has 0 unspecified atom stereocenters. The van der Waals surface area contributed by atoms with Gasteiger partial charge in [0.25, 0.3) is 11.8 Å². The molecule has 5 aromatic rings. The maximum Gasteiger partial charge on any atom is 0.344 e. The minimum atomic E-state index is -4.25. The minimum Gasteiger partial charge on any atom is -0.459 e. The lowest BCUT2D eigenvalue weighted by molar-refractivity contribution is -0.149. The Labute approximate surface area is 474 Å². The fourth-order valence-corrected chi connectivity index (χ4v) is 14.4. The van der Waals surface area contributed by atoms with E-state index in [2.05, 4.69) is 13.2 Å². The van der Waals surface area contributed by atoms with Gasteiger partial charge in [-0.05, 0) is 49.2 Å². The molecule has 3 heterocycles. The zero-order valence-electron chi connectivity index (χ0n) is 42.5. The van der Waals surface area contributed by atoms with Gasteiger partial charge in [0.05, 0.1) is 63.4 Å². The Morgan fingerprint density at radius 2 is 0.863 bits per heavy atom. The van der Waals surface area contributed by atoms with Crippen LogP contribution in [-0.4, -0.2) is 98.7 Å². The molecule has 0 aromatic heterocycles. The van der Waals surface area contributed by atoms with Crippen LogP contribution in [0.4, 0.5) is 0 Å². The summed E-state index contributed by atoms with van der Waals surface area (Å²) in [5.74, 6) is -7.78. The number of sulfone groups is 1. The summed E-state index contributed by atoms with van der Waals surface area (Å²) in [6, 6.07) is 30.5. The lowest BCUT2D eigenvalue weighted by atomic mass is 10.1. The summed E-state index contributed by atoms with van der Waals surface area (Å²) in [6.45, 7) is 8.36. The molecule has 3 aliphatic heterocycles. The number of ether oxygens (including phenoxy) is 6. The first-order chi connectivity index (χ1) is 38.3. The topological polar surface area (TPSA) is 256 Å². The lowest BCUT2D eigenvalue weighted by Gasteiger charge is -2.27. The average molecular weight is 1170 g/mol. The summed E-state index contributed by atoms with van der Waals surface area (Å²) in [5, 5.41) is 12.8. The monoisotopic (exact) mass is 1170 g/mol. The molecular formula is C56H43N3O16S5. The number of amides is 2. The number of nitrogens with zero attached hydrogens (tertiary/aromatic N) is 3. The fraction of sp³-hybridized carbons (Fsp3) is 0.161. The number of carbonyl (C=O) groups is 8. The van der Waals surface area contributed by atoms with Crippen LogP contribution in [0, 0.1) is 11.3 Å². The zero-order valence-corrected chi connectivity index (χ0v) is 46.5. The van der Waals surface area contributed by atoms with E-state index in [1.54, 1.807) is 66.7 Å². The molecule has 408 valence electrons. The van der Waals surface area contributed by atoms with E-state index in [0.29, 0.717) is 34.7 Å². The molecule has 3 aliphatic rings. The summed E-state index contributed by atoms with van der Waals surface area (Å²) in [5.41, 5.74) is 0.129. The first kappa shape index (κ1) is 57.8. The van der Waals surface area contributed by atoms with Gasteiger partial charge < -0.3 is 28.4 Å². The van der Waals surface area contributed by atoms with Gasteiger partial charge in [-0.15, -0.1) is 0 Å². The highest BCUT2D eigenvalue weighted by Gasteiger charge is 2.47. The Balaban J connectivity index is 1.26. The highest BCUT2D eigenvalue weighted by atomic mass is 32.2. The van der Waals surface area contributed by atoms with E-state index in [1.807, 2.05) is 0 Å². The average Bonchev–Trinajstić information content (AvgIpc) is 4.26. The highest BCUT2D eigenvalue weighted by Crippen LogP contribution is 2.69. The van der Waals surface area contributed by atoms with Crippen molar-refractivity contribution in [1.82, 2.24) is 10.0 Å². The van der Waals surface area contributed by atoms with E-state index in [0.717, 1.165) is 29.8 Å². The van der Waals surface area contributed by atoms with Gasteiger partial charge in [0.15, 0.2) is 26.2 Å². The van der Waals surface area contributed by atoms with Crippen LogP contribution in [0.25, 0.3) is 0 Å². The first-order valence-corrected chi connectivity index (χ1v) is 28.8. The van der Waals surface area contributed by atoms with Crippen molar-refractivity contribution < 1.29 is 75.2 Å². The van der Waals surface area contributed by atoms with E-state index < -0.39 is 75.6 Å². The van der Waals surface area contributed by atoms with Crippen molar-refractivity contribution in [3.63, 3.8) is 0 Å². The van der Waals surface area contributed by atoms with Crippen LogP contribution in [-0.2, 0) is 61.1 Å². The van der Waals surface area contributed by atoms with Crippen LogP contribution < -0.4 is 9.47 Å². The number of carbonyl (C=O) groups excluding carboxylic acids is 8. The standard InChI is InChI=1S/C56H43N3O16S5/c1-31(2)49(62)70-24-26-72-51(64)35-20-12-14-22-37(35)53(66)74-41-43-44(77-55(76-43)39(28-57)80(5,68)69)42(75-54(67)38-23-15-13-21-36(38)52(65)73-27-25-71-50(63)32(3)4)46-45(41)78-56(79-46)40-47(60)58(29-33-16-8-6-9-17-33)59(48(40)61)30-34-18-10-7-11-19-34/h6-23H,1,3,24-27,29-30H2,2,4-5H3. The lowest BCUT2D eigenvalue weighted by Crippen LogP contribution is -2.39. The summed E-state index contributed by atoms with van der Waals surface area (Å²) in [4.78, 5) is 109. The molecule has 5 aromatic carbocycles. The van der Waals surface area contributed by atoms with Gasteiger partial charge in [-0.1, -0.05) is 145 Å². The van der Waals surface area contributed by atoms with Crippen LogP contribution in [0.1, 0.15) is 66.4 Å². The van der Waals surface area contributed by atoms with Gasteiger partial charge >= 0.3 is 35.8 Å². The quantitative estimate of drug-likeness (QED) is 0.0142. The summed E-state index contributed by atoms with van der Waals surface area (Å²) in [7, 11) is -4.25. The molecule has 8 rings (SSSR count). The van der Waals surface area contributed by atoms with E-state index in [4.69, 9.17) is 28.4 Å². The van der Waals surface area contributed by atoms with Gasteiger partial charge in [-0.3, -0.25) is 9.59 Å². The van der Waals surface area contributed by atoms with Crippen molar-refractivity contribution >= 4 is 105 Å². The molecule has 0 atom stereocenters. The third-order valence-corrected chi connectivity index (χ3v) is 17.8. The molecule has 24 heteroatoms. The van der Waals surface area contributed by atoms with Crippen LogP contribution in [0.5, 0.6) is 11.5 Å². The van der Waals surface area contributed by atoms with Crippen LogP contribution in [0.3, 0.4) is 0 Å². The molecular weight excluding hydrogens is 1130 g/mol.